The second kappa shape index (κ2) is 13.5. The van der Waals surface area contributed by atoms with E-state index < -0.39 is 29.3 Å². The largest absolute Gasteiger partial charge is 0.507 e. The number of methoxy groups -OCH3 is 1. The molecule has 2 heterocycles. The number of ether oxygens (including phenoxy) is 2. The molecule has 1 aliphatic rings. The van der Waals surface area contributed by atoms with E-state index >= 15 is 0 Å². The van der Waals surface area contributed by atoms with E-state index in [0.29, 0.717) is 27.2 Å². The molecule has 12 heteroatoms. The molecule has 46 heavy (non-hydrogen) atoms. The summed E-state index contributed by atoms with van der Waals surface area (Å²) in [5.74, 6) is -1.93. The molecule has 1 aromatic heterocycles. The summed E-state index contributed by atoms with van der Waals surface area (Å²) in [6.07, 6.45) is 0. The van der Waals surface area contributed by atoms with E-state index in [1.54, 1.807) is 30.3 Å². The van der Waals surface area contributed by atoms with Crippen LogP contribution in [0.3, 0.4) is 0 Å². The summed E-state index contributed by atoms with van der Waals surface area (Å²) < 4.78 is 39.1. The monoisotopic (exact) mass is 657 g/mol. The van der Waals surface area contributed by atoms with E-state index in [-0.39, 0.29) is 28.7 Å². The van der Waals surface area contributed by atoms with Crippen molar-refractivity contribution in [3.05, 3.63) is 137 Å². The summed E-state index contributed by atoms with van der Waals surface area (Å²) in [5.41, 5.74) is 2.21. The molecule has 1 saturated heterocycles. The Bertz CT molecular complexity index is 1920. The van der Waals surface area contributed by atoms with Crippen molar-refractivity contribution in [1.82, 2.24) is 10.2 Å². The number of aromatic nitrogens is 2. The topological polar surface area (TPSA) is 102 Å². The molecule has 5 aromatic rings. The number of benzene rings is 4. The normalized spacial score (nSPS) is 15.7. The molecular weight excluding hydrogens is 633 g/mol. The van der Waals surface area contributed by atoms with Gasteiger partial charge in [0.2, 0.25) is 5.13 Å². The standard InChI is InChI=1S/C34H25F2N3O5S2/c1-43-27-17-23(11-16-26(27)44-18-20-5-3-2-4-6-20)29-28(30(40)22-9-14-25(36)15-10-22)31(41)32(42)39(29)33-37-38-34(46-33)45-19-21-7-12-24(35)13-8-21/h2-17,29,40H,18-19H2,1H3/b30-28-. The number of amides is 1. The molecule has 6 rings (SSSR count). The van der Waals surface area contributed by atoms with Crippen molar-refractivity contribution < 1.29 is 33.0 Å². The molecule has 1 N–H and O–H groups in total. The summed E-state index contributed by atoms with van der Waals surface area (Å²) in [6, 6.07) is 24.5. The highest BCUT2D eigenvalue weighted by molar-refractivity contribution is 8.00. The summed E-state index contributed by atoms with van der Waals surface area (Å²) in [7, 11) is 1.47. The van der Waals surface area contributed by atoms with Crippen molar-refractivity contribution in [2.45, 2.75) is 22.7 Å². The molecule has 0 radical (unpaired) electrons. The van der Waals surface area contributed by atoms with Crippen molar-refractivity contribution in [3.8, 4) is 11.5 Å². The molecular formula is C34H25F2N3O5S2. The number of nitrogens with zero attached hydrogens (tertiary/aromatic N) is 3. The van der Waals surface area contributed by atoms with Crippen molar-refractivity contribution >= 4 is 45.7 Å². The fraction of sp³-hybridized carbons (Fsp3) is 0.118. The number of carbonyl (C=O) groups excluding carboxylic acids is 2. The van der Waals surface area contributed by atoms with Crippen molar-refractivity contribution in [2.24, 2.45) is 0 Å². The second-order valence-electron chi connectivity index (χ2n) is 10.1. The lowest BCUT2D eigenvalue weighted by molar-refractivity contribution is -0.132. The van der Waals surface area contributed by atoms with Gasteiger partial charge in [0.25, 0.3) is 5.78 Å². The highest BCUT2D eigenvalue weighted by atomic mass is 32.2. The predicted octanol–water partition coefficient (Wildman–Crippen LogP) is 7.32. The number of carbonyl (C=O) groups is 2. The maximum Gasteiger partial charge on any atom is 0.301 e. The minimum Gasteiger partial charge on any atom is -0.507 e. The number of hydrogen-bond acceptors (Lipinski definition) is 9. The van der Waals surface area contributed by atoms with Gasteiger partial charge in [-0.15, -0.1) is 10.2 Å². The van der Waals surface area contributed by atoms with Gasteiger partial charge in [0, 0.05) is 11.3 Å². The molecule has 8 nitrogen and oxygen atoms in total. The van der Waals surface area contributed by atoms with E-state index in [2.05, 4.69) is 10.2 Å². The molecule has 1 amide bonds. The Balaban J connectivity index is 1.37. The van der Waals surface area contributed by atoms with Gasteiger partial charge in [0.1, 0.15) is 24.0 Å². The summed E-state index contributed by atoms with van der Waals surface area (Å²) in [6.45, 7) is 0.280. The predicted molar refractivity (Wildman–Crippen MR) is 171 cm³/mol. The third-order valence-electron chi connectivity index (χ3n) is 7.18. The van der Waals surface area contributed by atoms with Crippen LogP contribution < -0.4 is 14.4 Å². The van der Waals surface area contributed by atoms with Crippen LogP contribution in [0.4, 0.5) is 13.9 Å². The van der Waals surface area contributed by atoms with Gasteiger partial charge in [0.15, 0.2) is 15.8 Å². The lowest BCUT2D eigenvalue weighted by atomic mass is 9.95. The maximum absolute atomic E-state index is 13.7. The maximum atomic E-state index is 13.7. The Labute approximate surface area is 270 Å². The fourth-order valence-electron chi connectivity index (χ4n) is 4.90. The molecule has 1 unspecified atom stereocenters. The number of anilines is 1. The van der Waals surface area contributed by atoms with Gasteiger partial charge in [-0.2, -0.15) is 0 Å². The number of rotatable bonds is 10. The Hall–Kier alpha value is -5.07. The van der Waals surface area contributed by atoms with E-state index in [9.17, 15) is 23.5 Å². The second-order valence-corrected chi connectivity index (χ2v) is 12.3. The first-order valence-electron chi connectivity index (χ1n) is 13.9. The Morgan fingerprint density at radius 1 is 0.891 bits per heavy atom. The first-order chi connectivity index (χ1) is 22.3. The molecule has 1 aliphatic heterocycles. The van der Waals surface area contributed by atoms with Crippen LogP contribution >= 0.6 is 23.1 Å². The summed E-state index contributed by atoms with van der Waals surface area (Å²) in [5, 5.41) is 19.9. The Kier molecular flexibility index (Phi) is 9.08. The first-order valence-corrected chi connectivity index (χ1v) is 15.7. The molecule has 4 aromatic carbocycles. The van der Waals surface area contributed by atoms with Crippen LogP contribution in [0.25, 0.3) is 5.76 Å². The number of thioether (sulfide) groups is 1. The van der Waals surface area contributed by atoms with Crippen LogP contribution in [0, 0.1) is 11.6 Å². The molecule has 0 aliphatic carbocycles. The van der Waals surface area contributed by atoms with Gasteiger partial charge >= 0.3 is 5.91 Å². The van der Waals surface area contributed by atoms with Crippen LogP contribution in [0.15, 0.2) is 107 Å². The van der Waals surface area contributed by atoms with Gasteiger partial charge in [-0.3, -0.25) is 14.5 Å². The summed E-state index contributed by atoms with van der Waals surface area (Å²) in [4.78, 5) is 28.4. The van der Waals surface area contributed by atoms with Crippen molar-refractivity contribution in [1.29, 1.82) is 0 Å². The highest BCUT2D eigenvalue weighted by Crippen LogP contribution is 2.45. The quantitative estimate of drug-likeness (QED) is 0.0548. The zero-order chi connectivity index (χ0) is 32.2. The van der Waals surface area contributed by atoms with Gasteiger partial charge in [-0.1, -0.05) is 71.6 Å². The first kappa shape index (κ1) is 30.9. The number of ketones is 1. The number of Topliss-reactive ketones (excluding diaryl/α,β-unsaturated/α-hetero) is 1. The van der Waals surface area contributed by atoms with Crippen LogP contribution in [0.1, 0.15) is 28.3 Å². The van der Waals surface area contributed by atoms with E-state index in [1.165, 1.54) is 48.0 Å². The van der Waals surface area contributed by atoms with Crippen molar-refractivity contribution in [2.75, 3.05) is 12.0 Å². The third kappa shape index (κ3) is 6.49. The lowest BCUT2D eigenvalue weighted by Crippen LogP contribution is -2.29. The highest BCUT2D eigenvalue weighted by Gasteiger charge is 2.48. The van der Waals surface area contributed by atoms with Gasteiger partial charge in [-0.25, -0.2) is 8.78 Å². The van der Waals surface area contributed by atoms with Gasteiger partial charge < -0.3 is 14.6 Å². The van der Waals surface area contributed by atoms with Crippen molar-refractivity contribution in [3.63, 3.8) is 0 Å². The summed E-state index contributed by atoms with van der Waals surface area (Å²) >= 11 is 2.44. The zero-order valence-electron chi connectivity index (χ0n) is 24.2. The van der Waals surface area contributed by atoms with E-state index in [4.69, 9.17) is 9.47 Å². The lowest BCUT2D eigenvalue weighted by Gasteiger charge is -2.23. The van der Waals surface area contributed by atoms with Crippen LogP contribution in [-0.4, -0.2) is 34.1 Å². The number of halogens is 2. The molecule has 0 spiro atoms. The SMILES string of the molecule is COc1cc(C2/C(=C(/O)c3ccc(F)cc3)C(=O)C(=O)N2c2nnc(SCc3ccc(F)cc3)s2)ccc1OCc1ccccc1. The Morgan fingerprint density at radius 3 is 2.28 bits per heavy atom. The van der Waals surface area contributed by atoms with Crippen LogP contribution in [0.5, 0.6) is 11.5 Å². The minimum atomic E-state index is -1.12. The average Bonchev–Trinajstić information content (AvgIpc) is 3.65. The number of aliphatic hydroxyl groups is 1. The van der Waals surface area contributed by atoms with E-state index in [0.717, 1.165) is 34.6 Å². The Morgan fingerprint density at radius 2 is 1.59 bits per heavy atom. The third-order valence-corrected chi connectivity index (χ3v) is 9.31. The molecule has 1 fully saturated rings. The molecule has 0 bridgehead atoms. The molecule has 0 saturated carbocycles. The zero-order valence-corrected chi connectivity index (χ0v) is 25.9. The van der Waals surface area contributed by atoms with Crippen LogP contribution in [-0.2, 0) is 21.9 Å². The molecule has 1 atom stereocenters. The van der Waals surface area contributed by atoms with E-state index in [1.807, 2.05) is 30.3 Å². The number of hydrogen-bond donors (Lipinski definition) is 1. The average molecular weight is 658 g/mol. The number of aliphatic hydroxyl groups excluding tert-OH is 1. The minimum absolute atomic E-state index is 0.134. The van der Waals surface area contributed by atoms with Gasteiger partial charge in [0.05, 0.1) is 18.7 Å². The fourth-order valence-corrected chi connectivity index (χ4v) is 6.72. The van der Waals surface area contributed by atoms with Gasteiger partial charge in [-0.05, 0) is 65.2 Å². The molecule has 232 valence electrons. The van der Waals surface area contributed by atoms with Crippen LogP contribution in [0.2, 0.25) is 0 Å². The smallest absolute Gasteiger partial charge is 0.301 e.